The van der Waals surface area contributed by atoms with E-state index in [9.17, 15) is 14.0 Å². The Morgan fingerprint density at radius 1 is 1.19 bits per heavy atom. The van der Waals surface area contributed by atoms with Crippen LogP contribution in [0.25, 0.3) is 0 Å². The number of halogens is 2. The smallest absolute Gasteiger partial charge is 0.240 e. The second-order valence-electron chi connectivity index (χ2n) is 5.65. The summed E-state index contributed by atoms with van der Waals surface area (Å²) in [6.45, 7) is 1.60. The van der Waals surface area contributed by atoms with E-state index in [-0.39, 0.29) is 23.4 Å². The number of nitrogens with zero attached hydrogens (tertiary/aromatic N) is 1. The first kappa shape index (κ1) is 19.7. The number of carbonyl (C=O) groups excluding carboxylic acids is 2. The predicted octanol–water partition coefficient (Wildman–Crippen LogP) is 3.20. The monoisotopic (exact) mass is 378 g/mol. The third-order valence-electron chi connectivity index (χ3n) is 3.79. The number of benzene rings is 2. The molecule has 0 spiro atoms. The van der Waals surface area contributed by atoms with Gasteiger partial charge in [-0.1, -0.05) is 23.7 Å². The molecule has 0 unspecified atom stereocenters. The van der Waals surface area contributed by atoms with Crippen LogP contribution in [0.4, 0.5) is 10.1 Å². The molecule has 0 radical (unpaired) electrons. The van der Waals surface area contributed by atoms with Gasteiger partial charge >= 0.3 is 0 Å². The summed E-state index contributed by atoms with van der Waals surface area (Å²) in [6.07, 6.45) is 0.651. The number of carbonyl (C=O) groups is 2. The van der Waals surface area contributed by atoms with Gasteiger partial charge in [0.05, 0.1) is 12.1 Å². The predicted molar refractivity (Wildman–Crippen MR) is 99.1 cm³/mol. The zero-order chi connectivity index (χ0) is 19.1. The van der Waals surface area contributed by atoms with Gasteiger partial charge < -0.3 is 15.0 Å². The molecule has 26 heavy (non-hydrogen) atoms. The van der Waals surface area contributed by atoms with Crippen LogP contribution in [-0.2, 0) is 16.0 Å². The molecule has 0 atom stereocenters. The molecule has 0 fully saturated rings. The van der Waals surface area contributed by atoms with Crippen molar-refractivity contribution in [1.29, 1.82) is 0 Å². The third-order valence-corrected chi connectivity index (χ3v) is 4.08. The van der Waals surface area contributed by atoms with E-state index in [1.807, 2.05) is 24.3 Å². The van der Waals surface area contributed by atoms with Crippen LogP contribution >= 0.6 is 11.6 Å². The maximum atomic E-state index is 13.3. The first-order valence-corrected chi connectivity index (χ1v) is 8.41. The highest BCUT2D eigenvalue weighted by molar-refractivity contribution is 6.31. The van der Waals surface area contributed by atoms with Crippen molar-refractivity contribution < 1.29 is 18.7 Å². The van der Waals surface area contributed by atoms with Crippen molar-refractivity contribution in [3.8, 4) is 5.75 Å². The van der Waals surface area contributed by atoms with E-state index in [0.717, 1.165) is 17.4 Å². The van der Waals surface area contributed by atoms with Crippen molar-refractivity contribution >= 4 is 29.1 Å². The van der Waals surface area contributed by atoms with Gasteiger partial charge in [-0.2, -0.15) is 0 Å². The summed E-state index contributed by atoms with van der Waals surface area (Å²) in [5, 5.41) is 2.67. The molecule has 7 heteroatoms. The van der Waals surface area contributed by atoms with Gasteiger partial charge in [0.2, 0.25) is 11.8 Å². The lowest BCUT2D eigenvalue weighted by molar-refractivity contribution is -0.123. The summed E-state index contributed by atoms with van der Waals surface area (Å²) in [6, 6.07) is 11.5. The average molecular weight is 379 g/mol. The lowest BCUT2D eigenvalue weighted by Crippen LogP contribution is -2.40. The van der Waals surface area contributed by atoms with Crippen LogP contribution < -0.4 is 15.0 Å². The number of methoxy groups -OCH3 is 1. The van der Waals surface area contributed by atoms with Crippen LogP contribution in [0.3, 0.4) is 0 Å². The van der Waals surface area contributed by atoms with Crippen molar-refractivity contribution in [3.05, 3.63) is 58.9 Å². The number of ether oxygens (including phenoxy) is 1. The molecular weight excluding hydrogens is 359 g/mol. The van der Waals surface area contributed by atoms with Gasteiger partial charge in [0, 0.05) is 19.2 Å². The Kier molecular flexibility index (Phi) is 6.97. The Labute approximate surface area is 156 Å². The van der Waals surface area contributed by atoms with E-state index in [1.165, 1.54) is 24.0 Å². The van der Waals surface area contributed by atoms with E-state index in [4.69, 9.17) is 16.3 Å². The Balaban J connectivity index is 1.90. The molecular formula is C19H20ClFN2O3. The summed E-state index contributed by atoms with van der Waals surface area (Å²) in [7, 11) is 1.60. The van der Waals surface area contributed by atoms with Crippen LogP contribution in [0.15, 0.2) is 42.5 Å². The molecule has 0 aromatic heterocycles. The molecule has 2 aromatic carbocycles. The van der Waals surface area contributed by atoms with Crippen molar-refractivity contribution in [2.45, 2.75) is 13.3 Å². The molecule has 1 N–H and O–H groups in total. The molecule has 138 valence electrons. The Morgan fingerprint density at radius 3 is 2.46 bits per heavy atom. The molecule has 5 nitrogen and oxygen atoms in total. The zero-order valence-electron chi connectivity index (χ0n) is 14.6. The molecule has 0 aliphatic rings. The van der Waals surface area contributed by atoms with Crippen molar-refractivity contribution in [3.63, 3.8) is 0 Å². The topological polar surface area (TPSA) is 58.6 Å². The molecule has 0 saturated heterocycles. The average Bonchev–Trinajstić information content (AvgIpc) is 2.62. The van der Waals surface area contributed by atoms with Crippen LogP contribution in [0.2, 0.25) is 5.02 Å². The molecule has 2 amide bonds. The maximum Gasteiger partial charge on any atom is 0.240 e. The SMILES string of the molecule is COc1ccc(CCNC(=O)CN(C(C)=O)c2ccc(F)c(Cl)c2)cc1. The molecule has 0 aliphatic heterocycles. The van der Waals surface area contributed by atoms with E-state index in [1.54, 1.807) is 7.11 Å². The molecule has 0 aliphatic carbocycles. The quantitative estimate of drug-likeness (QED) is 0.805. The standard InChI is InChI=1S/C19H20ClFN2O3/c1-13(24)23(15-5-8-18(21)17(20)11-15)12-19(25)22-10-9-14-3-6-16(26-2)7-4-14/h3-8,11H,9-10,12H2,1-2H3,(H,22,25). The fourth-order valence-corrected chi connectivity index (χ4v) is 2.55. The van der Waals surface area contributed by atoms with Crippen molar-refractivity contribution in [2.24, 2.45) is 0 Å². The highest BCUT2D eigenvalue weighted by Gasteiger charge is 2.16. The number of nitrogens with one attached hydrogen (secondary N) is 1. The second kappa shape index (κ2) is 9.20. The number of anilines is 1. The minimum atomic E-state index is -0.581. The number of rotatable bonds is 7. The van der Waals surface area contributed by atoms with Crippen molar-refractivity contribution in [2.75, 3.05) is 25.1 Å². The lowest BCUT2D eigenvalue weighted by Gasteiger charge is -2.21. The highest BCUT2D eigenvalue weighted by atomic mass is 35.5. The summed E-state index contributed by atoms with van der Waals surface area (Å²) in [4.78, 5) is 25.2. The minimum absolute atomic E-state index is 0.103. The molecule has 0 bridgehead atoms. The van der Waals surface area contributed by atoms with Crippen LogP contribution in [0, 0.1) is 5.82 Å². The number of hydrogen-bond donors (Lipinski definition) is 1. The molecule has 0 heterocycles. The van der Waals surface area contributed by atoms with Gasteiger partial charge in [-0.05, 0) is 42.3 Å². The van der Waals surface area contributed by atoms with Gasteiger partial charge in [-0.3, -0.25) is 9.59 Å². The summed E-state index contributed by atoms with van der Waals surface area (Å²) in [5.74, 6) is -0.456. The number of hydrogen-bond acceptors (Lipinski definition) is 3. The molecule has 2 rings (SSSR count). The minimum Gasteiger partial charge on any atom is -0.497 e. The van der Waals surface area contributed by atoms with Gasteiger partial charge in [0.1, 0.15) is 18.1 Å². The highest BCUT2D eigenvalue weighted by Crippen LogP contribution is 2.22. The summed E-state index contributed by atoms with van der Waals surface area (Å²) in [5.41, 5.74) is 1.43. The molecule has 0 saturated carbocycles. The zero-order valence-corrected chi connectivity index (χ0v) is 15.3. The van der Waals surface area contributed by atoms with Gasteiger partial charge in [0.25, 0.3) is 0 Å². The van der Waals surface area contributed by atoms with E-state index in [0.29, 0.717) is 18.7 Å². The fraction of sp³-hybridized carbons (Fsp3) is 0.263. The summed E-state index contributed by atoms with van der Waals surface area (Å²) >= 11 is 5.75. The first-order valence-electron chi connectivity index (χ1n) is 8.03. The van der Waals surface area contributed by atoms with E-state index in [2.05, 4.69) is 5.32 Å². The summed E-state index contributed by atoms with van der Waals surface area (Å²) < 4.78 is 18.4. The Bertz CT molecular complexity index is 781. The van der Waals surface area contributed by atoms with Gasteiger partial charge in [-0.15, -0.1) is 0 Å². The van der Waals surface area contributed by atoms with Crippen LogP contribution in [0.5, 0.6) is 5.75 Å². The lowest BCUT2D eigenvalue weighted by atomic mass is 10.1. The molecule has 2 aromatic rings. The normalized spacial score (nSPS) is 10.3. The first-order chi connectivity index (χ1) is 12.4. The van der Waals surface area contributed by atoms with Crippen molar-refractivity contribution in [1.82, 2.24) is 5.32 Å². The number of amides is 2. The third kappa shape index (κ3) is 5.46. The maximum absolute atomic E-state index is 13.3. The van der Waals surface area contributed by atoms with Crippen LogP contribution in [0.1, 0.15) is 12.5 Å². The second-order valence-corrected chi connectivity index (χ2v) is 6.06. The Morgan fingerprint density at radius 2 is 1.88 bits per heavy atom. The van der Waals surface area contributed by atoms with E-state index < -0.39 is 5.82 Å². The largest absolute Gasteiger partial charge is 0.497 e. The van der Waals surface area contributed by atoms with Crippen LogP contribution in [-0.4, -0.2) is 32.0 Å². The van der Waals surface area contributed by atoms with Gasteiger partial charge in [0.15, 0.2) is 0 Å². The van der Waals surface area contributed by atoms with Gasteiger partial charge in [-0.25, -0.2) is 4.39 Å². The van der Waals surface area contributed by atoms with E-state index >= 15 is 0 Å². The fourth-order valence-electron chi connectivity index (χ4n) is 2.38. The Hall–Kier alpha value is -2.60.